The summed E-state index contributed by atoms with van der Waals surface area (Å²) in [6, 6.07) is 10.2. The van der Waals surface area contributed by atoms with Crippen molar-refractivity contribution in [3.05, 3.63) is 72.6 Å². The van der Waals surface area contributed by atoms with Gasteiger partial charge in [-0.3, -0.25) is 25.4 Å². The molecule has 0 aliphatic heterocycles. The third-order valence-electron chi connectivity index (χ3n) is 3.01. The minimum atomic E-state index is -3.75. The first-order chi connectivity index (χ1) is 11.9. The van der Waals surface area contributed by atoms with Gasteiger partial charge in [0, 0.05) is 18.3 Å². The van der Waals surface area contributed by atoms with Crippen LogP contribution in [0.3, 0.4) is 0 Å². The van der Waals surface area contributed by atoms with Crippen LogP contribution in [-0.4, -0.2) is 31.8 Å². The van der Waals surface area contributed by atoms with Crippen molar-refractivity contribution in [1.82, 2.24) is 20.6 Å². The fraction of sp³-hybridized carbons (Fsp3) is 0.0625. The lowest BCUT2D eigenvalue weighted by Crippen LogP contribution is -2.42. The van der Waals surface area contributed by atoms with Crippen LogP contribution in [0.2, 0.25) is 0 Å². The number of nitrogens with zero attached hydrogens (tertiary/aromatic N) is 1. The molecule has 130 valence electrons. The van der Waals surface area contributed by atoms with Gasteiger partial charge in [0.1, 0.15) is 5.69 Å². The van der Waals surface area contributed by atoms with Gasteiger partial charge in [-0.05, 0) is 30.3 Å². The molecule has 8 nitrogen and oxygen atoms in total. The number of hydrazine groups is 1. The Labute approximate surface area is 145 Å². The minimum Gasteiger partial charge on any atom is -0.267 e. The molecule has 0 fully saturated rings. The molecule has 2 aromatic rings. The third-order valence-corrected chi connectivity index (χ3v) is 4.43. The zero-order chi connectivity index (χ0) is 18.3. The van der Waals surface area contributed by atoms with Gasteiger partial charge in [-0.2, -0.15) is 0 Å². The third kappa shape index (κ3) is 4.96. The van der Waals surface area contributed by atoms with Gasteiger partial charge >= 0.3 is 0 Å². The molecule has 1 heterocycles. The first-order valence-corrected chi connectivity index (χ1v) is 8.64. The summed E-state index contributed by atoms with van der Waals surface area (Å²) in [5.41, 5.74) is 4.62. The number of carbonyl (C=O) groups excluding carboxylic acids is 2. The summed E-state index contributed by atoms with van der Waals surface area (Å²) in [7, 11) is -3.75. The average Bonchev–Trinajstić information content (AvgIpc) is 2.65. The van der Waals surface area contributed by atoms with Crippen LogP contribution in [0.4, 0.5) is 0 Å². The van der Waals surface area contributed by atoms with Crippen LogP contribution in [0, 0.1) is 0 Å². The Balaban J connectivity index is 2.06. The summed E-state index contributed by atoms with van der Waals surface area (Å²) >= 11 is 0. The molecule has 0 unspecified atom stereocenters. The highest BCUT2D eigenvalue weighted by molar-refractivity contribution is 7.89. The Morgan fingerprint density at radius 1 is 1.08 bits per heavy atom. The number of carbonyl (C=O) groups is 2. The molecule has 0 aliphatic rings. The average molecular weight is 360 g/mol. The summed E-state index contributed by atoms with van der Waals surface area (Å²) in [6.07, 6.45) is 2.85. The number of pyridine rings is 1. The second kappa shape index (κ2) is 8.18. The van der Waals surface area contributed by atoms with Crippen LogP contribution in [0.1, 0.15) is 20.8 Å². The fourth-order valence-corrected chi connectivity index (χ4v) is 2.85. The molecule has 2 rings (SSSR count). The van der Waals surface area contributed by atoms with Crippen LogP contribution in [0.25, 0.3) is 0 Å². The summed E-state index contributed by atoms with van der Waals surface area (Å²) in [4.78, 5) is 27.7. The number of benzene rings is 1. The van der Waals surface area contributed by atoms with E-state index in [9.17, 15) is 18.0 Å². The fourth-order valence-electron chi connectivity index (χ4n) is 1.80. The zero-order valence-corrected chi connectivity index (χ0v) is 13.9. The summed E-state index contributed by atoms with van der Waals surface area (Å²) in [5.74, 6) is -1.25. The minimum absolute atomic E-state index is 0.0683. The SMILES string of the molecule is C=CCNS(=O)(=O)c1cccc(C(=O)NNC(=O)c2ccccn2)c1. The molecule has 9 heteroatoms. The highest BCUT2D eigenvalue weighted by atomic mass is 32.2. The Morgan fingerprint density at radius 3 is 2.52 bits per heavy atom. The van der Waals surface area contributed by atoms with Crippen molar-refractivity contribution in [3.63, 3.8) is 0 Å². The second-order valence-corrected chi connectivity index (χ2v) is 6.56. The summed E-state index contributed by atoms with van der Waals surface area (Å²) in [6.45, 7) is 3.50. The Morgan fingerprint density at radius 2 is 1.84 bits per heavy atom. The molecular formula is C16H16N4O4S. The molecule has 0 bridgehead atoms. The molecule has 0 saturated carbocycles. The van der Waals surface area contributed by atoms with Gasteiger partial charge in [0.05, 0.1) is 4.90 Å². The van der Waals surface area contributed by atoms with E-state index in [4.69, 9.17) is 0 Å². The van der Waals surface area contributed by atoms with Gasteiger partial charge in [-0.1, -0.05) is 18.2 Å². The highest BCUT2D eigenvalue weighted by Gasteiger charge is 2.16. The van der Waals surface area contributed by atoms with E-state index >= 15 is 0 Å². The predicted octanol–water partition coefficient (Wildman–Crippen LogP) is 0.621. The zero-order valence-electron chi connectivity index (χ0n) is 13.1. The van der Waals surface area contributed by atoms with E-state index in [1.807, 2.05) is 0 Å². The maximum absolute atomic E-state index is 12.1. The topological polar surface area (TPSA) is 117 Å². The predicted molar refractivity (Wildman–Crippen MR) is 91.0 cm³/mol. The molecule has 25 heavy (non-hydrogen) atoms. The van der Waals surface area contributed by atoms with Crippen molar-refractivity contribution < 1.29 is 18.0 Å². The number of amides is 2. The van der Waals surface area contributed by atoms with Crippen LogP contribution in [-0.2, 0) is 10.0 Å². The molecule has 3 N–H and O–H groups in total. The van der Waals surface area contributed by atoms with E-state index in [1.165, 1.54) is 42.6 Å². The van der Waals surface area contributed by atoms with Gasteiger partial charge in [0.25, 0.3) is 11.8 Å². The van der Waals surface area contributed by atoms with Crippen molar-refractivity contribution in [2.24, 2.45) is 0 Å². The van der Waals surface area contributed by atoms with Gasteiger partial charge in [-0.25, -0.2) is 13.1 Å². The Bertz CT molecular complexity index is 882. The molecule has 1 aromatic carbocycles. The first kappa shape index (κ1) is 18.3. The first-order valence-electron chi connectivity index (χ1n) is 7.16. The molecule has 0 radical (unpaired) electrons. The normalized spacial score (nSPS) is 10.7. The van der Waals surface area contributed by atoms with Crippen LogP contribution >= 0.6 is 0 Å². The number of hydrogen-bond acceptors (Lipinski definition) is 5. The molecular weight excluding hydrogens is 344 g/mol. The largest absolute Gasteiger partial charge is 0.288 e. The molecule has 2 amide bonds. The molecule has 0 saturated heterocycles. The molecule has 0 aliphatic carbocycles. The van der Waals surface area contributed by atoms with E-state index in [-0.39, 0.29) is 22.7 Å². The monoisotopic (exact) mass is 360 g/mol. The van der Waals surface area contributed by atoms with Crippen molar-refractivity contribution in [3.8, 4) is 0 Å². The number of sulfonamides is 1. The summed E-state index contributed by atoms with van der Waals surface area (Å²) in [5, 5.41) is 0. The maximum atomic E-state index is 12.1. The van der Waals surface area contributed by atoms with E-state index < -0.39 is 21.8 Å². The van der Waals surface area contributed by atoms with Crippen molar-refractivity contribution in [1.29, 1.82) is 0 Å². The number of nitrogens with one attached hydrogen (secondary N) is 3. The van der Waals surface area contributed by atoms with Crippen molar-refractivity contribution in [2.75, 3.05) is 6.54 Å². The quantitative estimate of drug-likeness (QED) is 0.516. The molecule has 0 atom stereocenters. The smallest absolute Gasteiger partial charge is 0.267 e. The van der Waals surface area contributed by atoms with Gasteiger partial charge in [0.15, 0.2) is 0 Å². The van der Waals surface area contributed by atoms with E-state index in [0.29, 0.717) is 0 Å². The van der Waals surface area contributed by atoms with Crippen molar-refractivity contribution >= 4 is 21.8 Å². The maximum Gasteiger partial charge on any atom is 0.288 e. The van der Waals surface area contributed by atoms with E-state index in [2.05, 4.69) is 27.1 Å². The van der Waals surface area contributed by atoms with Crippen LogP contribution in [0.5, 0.6) is 0 Å². The molecule has 1 aromatic heterocycles. The van der Waals surface area contributed by atoms with E-state index in [1.54, 1.807) is 12.1 Å². The molecule has 0 spiro atoms. The lowest BCUT2D eigenvalue weighted by atomic mass is 10.2. The van der Waals surface area contributed by atoms with Gasteiger partial charge < -0.3 is 0 Å². The van der Waals surface area contributed by atoms with E-state index in [0.717, 1.165) is 0 Å². The Kier molecular flexibility index (Phi) is 5.98. The van der Waals surface area contributed by atoms with Gasteiger partial charge in [-0.15, -0.1) is 6.58 Å². The Hall–Kier alpha value is -3.04. The standard InChI is InChI=1S/C16H16N4O4S/c1-2-9-18-25(23,24)13-7-5-6-12(11-13)15(21)19-20-16(22)14-8-3-4-10-17-14/h2-8,10-11,18H,1,9H2,(H,19,21)(H,20,22). The lowest BCUT2D eigenvalue weighted by molar-refractivity contribution is 0.0844. The van der Waals surface area contributed by atoms with Crippen LogP contribution in [0.15, 0.2) is 66.2 Å². The highest BCUT2D eigenvalue weighted by Crippen LogP contribution is 2.11. The van der Waals surface area contributed by atoms with Crippen molar-refractivity contribution in [2.45, 2.75) is 4.90 Å². The van der Waals surface area contributed by atoms with Crippen LogP contribution < -0.4 is 15.6 Å². The number of rotatable bonds is 6. The summed E-state index contributed by atoms with van der Waals surface area (Å²) < 4.78 is 26.4. The lowest BCUT2D eigenvalue weighted by Gasteiger charge is -2.09. The van der Waals surface area contributed by atoms with Gasteiger partial charge in [0.2, 0.25) is 10.0 Å². The number of aromatic nitrogens is 1. The second-order valence-electron chi connectivity index (χ2n) is 4.79. The number of hydrogen-bond donors (Lipinski definition) is 3.